The highest BCUT2D eigenvalue weighted by Crippen LogP contribution is 2.15. The minimum atomic E-state index is -0.824. The summed E-state index contributed by atoms with van der Waals surface area (Å²) in [5, 5.41) is 5.80. The monoisotopic (exact) mass is 327 g/mol. The van der Waals surface area contributed by atoms with E-state index in [0.717, 1.165) is 18.5 Å². The lowest BCUT2D eigenvalue weighted by atomic mass is 10.1. The highest BCUT2D eigenvalue weighted by atomic mass is 19.1. The summed E-state index contributed by atoms with van der Waals surface area (Å²) in [7, 11) is 0. The Labute approximate surface area is 134 Å². The number of aromatic amines is 1. The number of nitrogens with one attached hydrogen (secondary N) is 1. The van der Waals surface area contributed by atoms with Gasteiger partial charge in [0.15, 0.2) is 11.6 Å². The van der Waals surface area contributed by atoms with E-state index in [1.165, 1.54) is 24.3 Å². The number of hydrogen-bond donors (Lipinski definition) is 1. The number of ketones is 3. The van der Waals surface area contributed by atoms with Gasteiger partial charge in [0.25, 0.3) is 5.78 Å². The molecule has 0 atom stereocenters. The number of carbonyl (C=O) groups is 3. The largest absolute Gasteiger partial charge is 0.457 e. The molecule has 0 amide bonds. The zero-order valence-corrected chi connectivity index (χ0v) is 12.2. The average Bonchev–Trinajstić information content (AvgIpc) is 3.26. The topological polar surface area (TPSA) is 106 Å². The molecule has 0 aliphatic carbocycles. The van der Waals surface area contributed by atoms with Gasteiger partial charge in [0, 0.05) is 5.56 Å². The maximum atomic E-state index is 12.9. The van der Waals surface area contributed by atoms with Crippen LogP contribution >= 0.6 is 0 Å². The number of halogens is 1. The van der Waals surface area contributed by atoms with Crippen molar-refractivity contribution in [2.75, 3.05) is 0 Å². The molecule has 2 heterocycles. The molecule has 1 aromatic carbocycles. The predicted molar refractivity (Wildman–Crippen MR) is 78.0 cm³/mol. The molecule has 2 aromatic heterocycles. The Kier molecular flexibility index (Phi) is 4.11. The first-order valence-corrected chi connectivity index (χ1v) is 6.86. The average molecular weight is 327 g/mol. The quantitative estimate of drug-likeness (QED) is 0.546. The van der Waals surface area contributed by atoms with E-state index in [0.29, 0.717) is 0 Å². The van der Waals surface area contributed by atoms with Crippen LogP contribution in [0.1, 0.15) is 32.5 Å². The van der Waals surface area contributed by atoms with Crippen molar-refractivity contribution in [2.24, 2.45) is 0 Å². The molecule has 0 fully saturated rings. The van der Waals surface area contributed by atoms with Crippen LogP contribution in [-0.4, -0.2) is 32.5 Å². The number of benzene rings is 1. The number of carbonyl (C=O) groups excluding carboxylic acids is 3. The van der Waals surface area contributed by atoms with Crippen LogP contribution in [0.25, 0.3) is 0 Å². The van der Waals surface area contributed by atoms with E-state index in [1.807, 2.05) is 0 Å². The molecule has 0 saturated carbocycles. The fourth-order valence-electron chi connectivity index (χ4n) is 2.02. The molecule has 0 aliphatic rings. The Morgan fingerprint density at radius 1 is 1.08 bits per heavy atom. The molecule has 3 rings (SSSR count). The van der Waals surface area contributed by atoms with E-state index in [2.05, 4.69) is 15.2 Å². The minimum absolute atomic E-state index is 0.00322. The molecule has 0 spiro atoms. The summed E-state index contributed by atoms with van der Waals surface area (Å²) in [6.45, 7) is 0. The molecule has 24 heavy (non-hydrogen) atoms. The summed E-state index contributed by atoms with van der Waals surface area (Å²) in [4.78, 5) is 39.4. The van der Waals surface area contributed by atoms with Crippen molar-refractivity contribution in [3.63, 3.8) is 0 Å². The second kappa shape index (κ2) is 6.37. The number of hydrogen-bond acceptors (Lipinski definition) is 6. The molecule has 1 N–H and O–H groups in total. The third kappa shape index (κ3) is 3.17. The van der Waals surface area contributed by atoms with E-state index in [-0.39, 0.29) is 29.3 Å². The van der Waals surface area contributed by atoms with Gasteiger partial charge in [0.2, 0.25) is 11.6 Å². The molecule has 0 saturated heterocycles. The SMILES string of the molecule is O=C(Cc1ccc(C(=O)c2ccc(F)cc2)o1)C(=O)c1ncn[nH]1. The number of aromatic nitrogens is 3. The van der Waals surface area contributed by atoms with E-state index in [9.17, 15) is 18.8 Å². The number of H-pyrrole nitrogens is 1. The molecule has 120 valence electrons. The number of rotatable bonds is 6. The summed E-state index contributed by atoms with van der Waals surface area (Å²) in [6, 6.07) is 7.82. The van der Waals surface area contributed by atoms with Crippen molar-refractivity contribution < 1.29 is 23.2 Å². The molecule has 0 unspecified atom stereocenters. The van der Waals surface area contributed by atoms with Crippen LogP contribution in [0, 0.1) is 5.82 Å². The summed E-state index contributed by atoms with van der Waals surface area (Å²) in [6.07, 6.45) is 0.809. The lowest BCUT2D eigenvalue weighted by Gasteiger charge is -1.98. The van der Waals surface area contributed by atoms with Gasteiger partial charge in [-0.3, -0.25) is 19.5 Å². The number of nitrogens with zero attached hydrogens (tertiary/aromatic N) is 2. The summed E-state index contributed by atoms with van der Waals surface area (Å²) in [5.41, 5.74) is 0.251. The van der Waals surface area contributed by atoms with Gasteiger partial charge in [-0.2, -0.15) is 5.10 Å². The molecule has 0 bridgehead atoms. The highest BCUT2D eigenvalue weighted by molar-refractivity contribution is 6.43. The summed E-state index contributed by atoms with van der Waals surface area (Å²) >= 11 is 0. The fourth-order valence-corrected chi connectivity index (χ4v) is 2.02. The maximum Gasteiger partial charge on any atom is 0.265 e. The van der Waals surface area contributed by atoms with Crippen molar-refractivity contribution in [3.8, 4) is 0 Å². The van der Waals surface area contributed by atoms with E-state index in [1.54, 1.807) is 0 Å². The van der Waals surface area contributed by atoms with E-state index in [4.69, 9.17) is 4.42 Å². The minimum Gasteiger partial charge on any atom is -0.457 e. The second-order valence-electron chi connectivity index (χ2n) is 4.87. The normalized spacial score (nSPS) is 10.5. The predicted octanol–water partition coefficient (Wildman–Crippen LogP) is 1.76. The van der Waals surface area contributed by atoms with E-state index >= 15 is 0 Å². The summed E-state index contributed by atoms with van der Waals surface area (Å²) in [5.74, 6) is -2.47. The fraction of sp³-hybridized carbons (Fsp3) is 0.0625. The second-order valence-corrected chi connectivity index (χ2v) is 4.87. The first-order chi connectivity index (χ1) is 11.5. The number of furan rings is 1. The van der Waals surface area contributed by atoms with Gasteiger partial charge < -0.3 is 4.42 Å². The third-order valence-corrected chi connectivity index (χ3v) is 3.21. The van der Waals surface area contributed by atoms with Gasteiger partial charge in [0.1, 0.15) is 17.9 Å². The van der Waals surface area contributed by atoms with E-state index < -0.39 is 23.2 Å². The zero-order valence-electron chi connectivity index (χ0n) is 12.2. The molecular formula is C16H10FN3O4. The third-order valence-electron chi connectivity index (χ3n) is 3.21. The van der Waals surface area contributed by atoms with Crippen LogP contribution in [0.3, 0.4) is 0 Å². The first-order valence-electron chi connectivity index (χ1n) is 6.86. The molecule has 0 radical (unpaired) electrons. The van der Waals surface area contributed by atoms with Crippen molar-refractivity contribution in [3.05, 3.63) is 71.5 Å². The van der Waals surface area contributed by atoms with Gasteiger partial charge in [-0.05, 0) is 36.4 Å². The van der Waals surface area contributed by atoms with Crippen molar-refractivity contribution >= 4 is 17.3 Å². The van der Waals surface area contributed by atoms with Crippen LogP contribution in [-0.2, 0) is 11.2 Å². The van der Waals surface area contributed by atoms with Crippen LogP contribution in [0.2, 0.25) is 0 Å². The molecule has 0 aliphatic heterocycles. The van der Waals surface area contributed by atoms with Crippen molar-refractivity contribution in [1.29, 1.82) is 0 Å². The molecule has 7 nitrogen and oxygen atoms in total. The van der Waals surface area contributed by atoms with Crippen molar-refractivity contribution in [1.82, 2.24) is 15.2 Å². The van der Waals surface area contributed by atoms with Crippen molar-refractivity contribution in [2.45, 2.75) is 6.42 Å². The smallest absolute Gasteiger partial charge is 0.265 e. The van der Waals surface area contributed by atoms with Crippen LogP contribution < -0.4 is 0 Å². The maximum absolute atomic E-state index is 12.9. The Balaban J connectivity index is 1.71. The van der Waals surface area contributed by atoms with Crippen LogP contribution in [0.5, 0.6) is 0 Å². The van der Waals surface area contributed by atoms with Gasteiger partial charge in [-0.15, -0.1) is 0 Å². The summed E-state index contributed by atoms with van der Waals surface area (Å²) < 4.78 is 18.2. The highest BCUT2D eigenvalue weighted by Gasteiger charge is 2.22. The van der Waals surface area contributed by atoms with Gasteiger partial charge in [0.05, 0.1) is 6.42 Å². The van der Waals surface area contributed by atoms with Crippen LogP contribution in [0.4, 0.5) is 4.39 Å². The zero-order chi connectivity index (χ0) is 17.1. The Morgan fingerprint density at radius 2 is 1.83 bits per heavy atom. The Bertz CT molecular complexity index is 898. The number of Topliss-reactive ketones (excluding diaryl/α,β-unsaturated/α-hetero) is 2. The molecule has 3 aromatic rings. The van der Waals surface area contributed by atoms with Gasteiger partial charge in [-0.1, -0.05) is 0 Å². The first kappa shape index (κ1) is 15.5. The molecule has 8 heteroatoms. The lowest BCUT2D eigenvalue weighted by molar-refractivity contribution is -0.114. The Hall–Kier alpha value is -3.42. The van der Waals surface area contributed by atoms with Crippen LogP contribution in [0.15, 0.2) is 47.1 Å². The van der Waals surface area contributed by atoms with Gasteiger partial charge >= 0.3 is 0 Å². The lowest BCUT2D eigenvalue weighted by Crippen LogP contribution is -2.17. The standard InChI is InChI=1S/C16H10FN3O4/c17-10-3-1-9(2-4-10)14(22)13-6-5-11(24-13)7-12(21)15(23)16-18-8-19-20-16/h1-6,8H,7H2,(H,18,19,20). The Morgan fingerprint density at radius 3 is 2.50 bits per heavy atom. The van der Waals surface area contributed by atoms with Gasteiger partial charge in [-0.25, -0.2) is 9.37 Å². The molecular weight excluding hydrogens is 317 g/mol.